The first-order valence-corrected chi connectivity index (χ1v) is 20.0. The smallest absolute Gasteiger partial charge is 0.332 e. The van der Waals surface area contributed by atoms with Crippen molar-refractivity contribution in [1.29, 1.82) is 0 Å². The molecular weight excluding hydrogens is 766 g/mol. The molecule has 3 fully saturated rings. The Kier molecular flexibility index (Phi) is 20.3. The number of aliphatic carboxylic acids is 1. The standard InChI is InChI=1S/C37H67NO13.C3H6O3.H2O/c1-14-25-37(10,45)30(41)20(4)27(39)18(2)16-35(8,44)32(51-34-28(40)24(38(11)12)15-19(3)47-34)21(5)29(22(6)33(43)49-25)50-26-17-36(9,46-13)31(42)23(7)48-26;1-2(4)3(5)6;/h18-26,28-32,34,40-42,44-45H,14-17H2,1-13H3;2,4H,1H3,(H,5,6);1H2/t18-,19-,20+,21-,22-,23+,24+,25-,26+,28-,29+,30+,31+,32-,34+,35-,36-,37-;;/m1../s1. The molecule has 0 aromatic rings. The van der Waals surface area contributed by atoms with Gasteiger partial charge in [-0.1, -0.05) is 27.7 Å². The minimum absolute atomic E-state index is 0. The predicted octanol–water partition coefficient (Wildman–Crippen LogP) is 0.413. The zero-order valence-electron chi connectivity index (χ0n) is 36.8. The molecule has 0 aromatic heterocycles. The summed E-state index contributed by atoms with van der Waals surface area (Å²) in [6.45, 7) is 17.5. The number of hydrogen-bond acceptors (Lipinski definition) is 16. The SMILES string of the molecule is CC(O)C(=O)O.CC[C@H]1OC(=O)[C@H](C)[C@@H](O[C@H]2C[C@@](C)(OC)[C@@H](O)[C@H](C)O2)[C@@H](C)[C@@H](O[C@@H]2O[C@H](C)C[C@H](N(C)C)[C@H]2O)[C@](C)(O)C[C@@H](C)C(=O)[C@H](C)[C@H](O)[C@]1(C)O.O. The number of cyclic esters (lactones) is 1. The fourth-order valence-electron chi connectivity index (χ4n) is 8.41. The summed E-state index contributed by atoms with van der Waals surface area (Å²) < 4.78 is 37.1. The molecule has 18 heteroatoms. The molecule has 58 heavy (non-hydrogen) atoms. The number of ketones is 1. The monoisotopic (exact) mass is 842 g/mol. The van der Waals surface area contributed by atoms with E-state index in [2.05, 4.69) is 0 Å². The summed E-state index contributed by atoms with van der Waals surface area (Å²) in [7, 11) is 5.18. The second kappa shape index (κ2) is 21.7. The molecule has 0 aliphatic carbocycles. The number of aliphatic hydroxyl groups excluding tert-OH is 4. The molecule has 3 aliphatic heterocycles. The molecule has 3 rings (SSSR count). The van der Waals surface area contributed by atoms with Crippen molar-refractivity contribution in [2.45, 2.75) is 192 Å². The van der Waals surface area contributed by atoms with Gasteiger partial charge in [0.15, 0.2) is 12.6 Å². The van der Waals surface area contributed by atoms with Gasteiger partial charge < -0.3 is 74.5 Å². The van der Waals surface area contributed by atoms with Crippen LogP contribution in [-0.2, 0) is 42.8 Å². The van der Waals surface area contributed by atoms with E-state index in [1.807, 2.05) is 25.9 Å². The molecule has 3 heterocycles. The third-order valence-corrected chi connectivity index (χ3v) is 12.2. The lowest BCUT2D eigenvalue weighted by atomic mass is 9.74. The second-order valence-electron chi connectivity index (χ2n) is 17.5. The van der Waals surface area contributed by atoms with Crippen LogP contribution in [0.5, 0.6) is 0 Å². The lowest BCUT2D eigenvalue weighted by molar-refractivity contribution is -0.318. The fraction of sp³-hybridized carbons (Fsp3) is 0.925. The number of esters is 1. The summed E-state index contributed by atoms with van der Waals surface area (Å²) in [5.41, 5.74) is -4.84. The lowest BCUT2D eigenvalue weighted by Gasteiger charge is -2.49. The molecule has 3 aliphatic rings. The van der Waals surface area contributed by atoms with Gasteiger partial charge in [-0.3, -0.25) is 9.59 Å². The first kappa shape index (κ1) is 54.1. The summed E-state index contributed by atoms with van der Waals surface area (Å²) in [5, 5.41) is 73.4. The number of nitrogens with zero attached hydrogens (tertiary/aromatic N) is 1. The zero-order chi connectivity index (χ0) is 44.1. The molecule has 1 unspecified atom stereocenters. The van der Waals surface area contributed by atoms with E-state index in [4.69, 9.17) is 38.6 Å². The molecule has 342 valence electrons. The van der Waals surface area contributed by atoms with Crippen molar-refractivity contribution in [3.63, 3.8) is 0 Å². The molecule has 3 saturated heterocycles. The lowest BCUT2D eigenvalue weighted by Crippen LogP contribution is -2.61. The van der Waals surface area contributed by atoms with E-state index in [1.165, 1.54) is 34.8 Å². The van der Waals surface area contributed by atoms with E-state index in [0.717, 1.165) is 0 Å². The Morgan fingerprint density at radius 1 is 0.931 bits per heavy atom. The van der Waals surface area contributed by atoms with Crippen LogP contribution in [0.1, 0.15) is 102 Å². The van der Waals surface area contributed by atoms with Gasteiger partial charge in [-0.15, -0.1) is 0 Å². The van der Waals surface area contributed by atoms with Gasteiger partial charge in [-0.25, -0.2) is 4.79 Å². The Bertz CT molecular complexity index is 1310. The van der Waals surface area contributed by atoms with Crippen molar-refractivity contribution in [3.05, 3.63) is 0 Å². The molecule has 19 atom stereocenters. The number of likely N-dealkylation sites (N-methyl/N-ethyl adjacent to an activating group) is 1. The van der Waals surface area contributed by atoms with Crippen LogP contribution in [0.2, 0.25) is 0 Å². The van der Waals surface area contributed by atoms with E-state index in [1.54, 1.807) is 41.5 Å². The van der Waals surface area contributed by atoms with Crippen LogP contribution in [0, 0.1) is 23.7 Å². The average Bonchev–Trinajstić information content (AvgIpc) is 3.12. The molecule has 18 nitrogen and oxygen atoms in total. The maximum absolute atomic E-state index is 14.1. The first-order chi connectivity index (χ1) is 26.1. The highest BCUT2D eigenvalue weighted by atomic mass is 16.7. The molecule has 0 spiro atoms. The van der Waals surface area contributed by atoms with Crippen molar-refractivity contribution in [3.8, 4) is 0 Å². The number of carboxylic acids is 1. The van der Waals surface area contributed by atoms with E-state index < -0.39 is 120 Å². The summed E-state index contributed by atoms with van der Waals surface area (Å²) >= 11 is 0. The third-order valence-electron chi connectivity index (χ3n) is 12.2. The van der Waals surface area contributed by atoms with Crippen molar-refractivity contribution in [1.82, 2.24) is 4.90 Å². The van der Waals surface area contributed by atoms with Gasteiger partial charge in [-0.05, 0) is 81.8 Å². The number of methoxy groups -OCH3 is 1. The van der Waals surface area contributed by atoms with Gasteiger partial charge in [0.05, 0.1) is 47.6 Å². The quantitative estimate of drug-likeness (QED) is 0.163. The van der Waals surface area contributed by atoms with Crippen LogP contribution in [0.25, 0.3) is 0 Å². The van der Waals surface area contributed by atoms with Crippen molar-refractivity contribution in [2.75, 3.05) is 21.2 Å². The molecule has 0 amide bonds. The number of aliphatic hydroxyl groups is 6. The number of rotatable bonds is 8. The van der Waals surface area contributed by atoms with Gasteiger partial charge in [0, 0.05) is 37.3 Å². The maximum Gasteiger partial charge on any atom is 0.332 e. The highest BCUT2D eigenvalue weighted by Crippen LogP contribution is 2.40. The zero-order valence-corrected chi connectivity index (χ0v) is 36.8. The van der Waals surface area contributed by atoms with Crippen LogP contribution in [0.15, 0.2) is 0 Å². The Balaban J connectivity index is 0.00000222. The second-order valence-corrected chi connectivity index (χ2v) is 17.5. The number of ether oxygens (including phenoxy) is 6. The Labute approximate surface area is 343 Å². The third kappa shape index (κ3) is 12.8. The highest BCUT2D eigenvalue weighted by Gasteiger charge is 2.53. The number of hydrogen-bond donors (Lipinski definition) is 7. The van der Waals surface area contributed by atoms with E-state index in [0.29, 0.717) is 6.42 Å². The van der Waals surface area contributed by atoms with Crippen LogP contribution in [0.4, 0.5) is 0 Å². The van der Waals surface area contributed by atoms with Crippen LogP contribution >= 0.6 is 0 Å². The molecule has 0 bridgehead atoms. The summed E-state index contributed by atoms with van der Waals surface area (Å²) in [5.74, 6) is -6.16. The van der Waals surface area contributed by atoms with Crippen LogP contribution in [-0.4, -0.2) is 175 Å². The van der Waals surface area contributed by atoms with Crippen LogP contribution in [0.3, 0.4) is 0 Å². The molecular formula is C40H75NO17. The molecule has 0 radical (unpaired) electrons. The largest absolute Gasteiger partial charge is 0.479 e. The van der Waals surface area contributed by atoms with Gasteiger partial charge in [0.2, 0.25) is 0 Å². The van der Waals surface area contributed by atoms with Crippen molar-refractivity contribution >= 4 is 17.7 Å². The maximum atomic E-state index is 14.1. The molecule has 9 N–H and O–H groups in total. The first-order valence-electron chi connectivity index (χ1n) is 20.0. The minimum atomic E-state index is -1.99. The fourth-order valence-corrected chi connectivity index (χ4v) is 8.41. The molecule has 0 saturated carbocycles. The highest BCUT2D eigenvalue weighted by molar-refractivity contribution is 5.83. The Hall–Kier alpha value is -1.91. The average molecular weight is 842 g/mol. The van der Waals surface area contributed by atoms with E-state index in [9.17, 15) is 39.9 Å². The number of carbonyl (C=O) groups is 3. The van der Waals surface area contributed by atoms with Crippen molar-refractivity contribution in [2.24, 2.45) is 23.7 Å². The topological polar surface area (TPSA) is 283 Å². The summed E-state index contributed by atoms with van der Waals surface area (Å²) in [4.78, 5) is 39.2. The van der Waals surface area contributed by atoms with Gasteiger partial charge in [0.25, 0.3) is 0 Å². The Morgan fingerprint density at radius 2 is 1.48 bits per heavy atom. The van der Waals surface area contributed by atoms with Gasteiger partial charge in [0.1, 0.15) is 35.8 Å². The number of Topliss-reactive ketones (excluding diaryl/α,β-unsaturated/α-hetero) is 1. The van der Waals surface area contributed by atoms with Gasteiger partial charge >= 0.3 is 11.9 Å². The van der Waals surface area contributed by atoms with Crippen molar-refractivity contribution < 1.29 is 84.0 Å². The molecule has 0 aromatic carbocycles. The summed E-state index contributed by atoms with van der Waals surface area (Å²) in [6, 6.07) is -0.324. The van der Waals surface area contributed by atoms with Crippen LogP contribution < -0.4 is 0 Å². The number of carbonyl (C=O) groups excluding carboxylic acids is 2. The van der Waals surface area contributed by atoms with E-state index >= 15 is 0 Å². The predicted molar refractivity (Wildman–Crippen MR) is 209 cm³/mol. The minimum Gasteiger partial charge on any atom is -0.479 e. The van der Waals surface area contributed by atoms with Gasteiger partial charge in [-0.2, -0.15) is 0 Å². The summed E-state index contributed by atoms with van der Waals surface area (Å²) in [6.07, 6.45) is -10.9. The Morgan fingerprint density at radius 3 is 1.97 bits per heavy atom. The van der Waals surface area contributed by atoms with E-state index in [-0.39, 0.29) is 36.9 Å². The normalized spacial score (nSPS) is 45.2. The number of carboxylic acid groups (broad SMARTS) is 1.